The van der Waals surface area contributed by atoms with E-state index in [0.29, 0.717) is 5.41 Å². The van der Waals surface area contributed by atoms with Crippen LogP contribution in [0.4, 0.5) is 0 Å². The summed E-state index contributed by atoms with van der Waals surface area (Å²) in [7, 11) is 0. The van der Waals surface area contributed by atoms with Gasteiger partial charge in [0.1, 0.15) is 0 Å². The van der Waals surface area contributed by atoms with E-state index in [0.717, 1.165) is 19.3 Å². The van der Waals surface area contributed by atoms with E-state index in [1.807, 2.05) is 0 Å². The Hall–Kier alpha value is -0.0800. The first-order valence-corrected chi connectivity index (χ1v) is 5.84. The summed E-state index contributed by atoms with van der Waals surface area (Å²) in [6.07, 6.45) is 4.26. The van der Waals surface area contributed by atoms with Crippen LogP contribution in [0.15, 0.2) is 0 Å². The summed E-state index contributed by atoms with van der Waals surface area (Å²) < 4.78 is 0. The highest BCUT2D eigenvalue weighted by molar-refractivity contribution is 4.88. The first-order chi connectivity index (χ1) is 6.33. The predicted octanol–water partition coefficient (Wildman–Crippen LogP) is 2.86. The average Bonchev–Trinajstić information content (AvgIpc) is 2.14. The molecular formula is C12H28N2. The maximum absolute atomic E-state index is 5.93. The minimum atomic E-state index is -0.191. The van der Waals surface area contributed by atoms with Crippen LogP contribution in [-0.2, 0) is 0 Å². The molecule has 0 bridgehead atoms. The molecule has 0 rings (SSSR count). The maximum atomic E-state index is 5.93. The van der Waals surface area contributed by atoms with Gasteiger partial charge in [0.15, 0.2) is 0 Å². The van der Waals surface area contributed by atoms with Crippen LogP contribution >= 0.6 is 0 Å². The SMILES string of the molecule is CCC(C)(C)CC(CC)(CC)C(N)N. The second-order valence-corrected chi connectivity index (χ2v) is 5.29. The number of hydrogen-bond donors (Lipinski definition) is 2. The summed E-state index contributed by atoms with van der Waals surface area (Å²) >= 11 is 0. The molecule has 0 saturated carbocycles. The van der Waals surface area contributed by atoms with Crippen molar-refractivity contribution in [3.05, 3.63) is 0 Å². The van der Waals surface area contributed by atoms with Crippen molar-refractivity contribution in [3.8, 4) is 0 Å². The molecule has 0 fully saturated rings. The van der Waals surface area contributed by atoms with Gasteiger partial charge in [-0.1, -0.05) is 41.0 Å². The molecule has 0 spiro atoms. The molecule has 0 heterocycles. The molecule has 0 aliphatic heterocycles. The summed E-state index contributed by atoms with van der Waals surface area (Å²) in [5, 5.41) is 0. The highest BCUT2D eigenvalue weighted by Gasteiger charge is 2.36. The molecule has 0 saturated heterocycles. The zero-order valence-electron chi connectivity index (χ0n) is 10.6. The Bertz CT molecular complexity index is 158. The van der Waals surface area contributed by atoms with Crippen LogP contribution in [0.1, 0.15) is 60.3 Å². The van der Waals surface area contributed by atoms with E-state index in [2.05, 4.69) is 34.6 Å². The highest BCUT2D eigenvalue weighted by Crippen LogP contribution is 2.41. The first-order valence-electron chi connectivity index (χ1n) is 5.84. The van der Waals surface area contributed by atoms with Crippen LogP contribution in [0.5, 0.6) is 0 Å². The molecule has 0 amide bonds. The zero-order chi connectivity index (χ0) is 11.4. The first kappa shape index (κ1) is 13.9. The zero-order valence-corrected chi connectivity index (χ0v) is 10.6. The number of nitrogens with two attached hydrogens (primary N) is 2. The molecule has 0 aromatic rings. The lowest BCUT2D eigenvalue weighted by atomic mass is 9.67. The van der Waals surface area contributed by atoms with Gasteiger partial charge in [0.05, 0.1) is 6.17 Å². The minimum Gasteiger partial charge on any atom is -0.316 e. The van der Waals surface area contributed by atoms with E-state index >= 15 is 0 Å². The third kappa shape index (κ3) is 3.25. The fraction of sp³-hybridized carbons (Fsp3) is 1.00. The van der Waals surface area contributed by atoms with Crippen molar-refractivity contribution in [2.24, 2.45) is 22.3 Å². The Morgan fingerprint density at radius 1 is 0.929 bits per heavy atom. The summed E-state index contributed by atoms with van der Waals surface area (Å²) in [4.78, 5) is 0. The molecule has 0 atom stereocenters. The molecule has 0 unspecified atom stereocenters. The van der Waals surface area contributed by atoms with Crippen LogP contribution in [0.3, 0.4) is 0 Å². The van der Waals surface area contributed by atoms with Crippen molar-refractivity contribution in [3.63, 3.8) is 0 Å². The monoisotopic (exact) mass is 200 g/mol. The van der Waals surface area contributed by atoms with Crippen LogP contribution < -0.4 is 11.5 Å². The van der Waals surface area contributed by atoms with Gasteiger partial charge in [-0.2, -0.15) is 0 Å². The summed E-state index contributed by atoms with van der Waals surface area (Å²) in [5.74, 6) is 0. The lowest BCUT2D eigenvalue weighted by Gasteiger charge is -2.41. The van der Waals surface area contributed by atoms with Crippen LogP contribution in [0.25, 0.3) is 0 Å². The third-order valence-electron chi connectivity index (χ3n) is 3.90. The molecule has 0 aromatic heterocycles. The minimum absolute atomic E-state index is 0.125. The van der Waals surface area contributed by atoms with E-state index in [9.17, 15) is 0 Å². The van der Waals surface area contributed by atoms with Crippen molar-refractivity contribution in [1.82, 2.24) is 0 Å². The summed E-state index contributed by atoms with van der Waals surface area (Å²) in [6, 6.07) is 0. The molecule has 0 aliphatic rings. The van der Waals surface area contributed by atoms with Crippen molar-refractivity contribution >= 4 is 0 Å². The highest BCUT2D eigenvalue weighted by atomic mass is 14.9. The van der Waals surface area contributed by atoms with Gasteiger partial charge in [0.25, 0.3) is 0 Å². The topological polar surface area (TPSA) is 52.0 Å². The van der Waals surface area contributed by atoms with Gasteiger partial charge >= 0.3 is 0 Å². The Labute approximate surface area is 89.4 Å². The van der Waals surface area contributed by atoms with Crippen LogP contribution in [0, 0.1) is 10.8 Å². The Balaban J connectivity index is 4.67. The summed E-state index contributed by atoms with van der Waals surface area (Å²) in [5.41, 5.74) is 12.3. The van der Waals surface area contributed by atoms with E-state index in [4.69, 9.17) is 11.5 Å². The van der Waals surface area contributed by atoms with Crippen molar-refractivity contribution in [2.75, 3.05) is 0 Å². The fourth-order valence-corrected chi connectivity index (χ4v) is 2.17. The third-order valence-corrected chi connectivity index (χ3v) is 3.90. The molecule has 86 valence electrons. The van der Waals surface area contributed by atoms with E-state index in [1.165, 1.54) is 6.42 Å². The molecule has 0 radical (unpaired) electrons. The normalized spacial score (nSPS) is 13.7. The Kier molecular flexibility index (Phi) is 5.10. The fourth-order valence-electron chi connectivity index (χ4n) is 2.17. The van der Waals surface area contributed by atoms with Crippen molar-refractivity contribution < 1.29 is 0 Å². The largest absolute Gasteiger partial charge is 0.316 e. The molecule has 14 heavy (non-hydrogen) atoms. The van der Waals surface area contributed by atoms with E-state index in [-0.39, 0.29) is 11.6 Å². The second kappa shape index (κ2) is 5.13. The van der Waals surface area contributed by atoms with Crippen molar-refractivity contribution in [1.29, 1.82) is 0 Å². The molecule has 0 aliphatic carbocycles. The molecule has 4 N–H and O–H groups in total. The lowest BCUT2D eigenvalue weighted by Crippen LogP contribution is -2.49. The van der Waals surface area contributed by atoms with Gasteiger partial charge < -0.3 is 11.5 Å². The Morgan fingerprint density at radius 2 is 1.36 bits per heavy atom. The molecule has 0 aromatic carbocycles. The summed E-state index contributed by atoms with van der Waals surface area (Å²) in [6.45, 7) is 11.2. The number of rotatable bonds is 6. The lowest BCUT2D eigenvalue weighted by molar-refractivity contribution is 0.109. The Morgan fingerprint density at radius 3 is 1.57 bits per heavy atom. The van der Waals surface area contributed by atoms with Gasteiger partial charge in [-0.25, -0.2) is 0 Å². The predicted molar refractivity (Wildman–Crippen MR) is 63.9 cm³/mol. The van der Waals surface area contributed by atoms with Crippen LogP contribution in [0.2, 0.25) is 0 Å². The second-order valence-electron chi connectivity index (χ2n) is 5.29. The van der Waals surface area contributed by atoms with Gasteiger partial charge in [0, 0.05) is 0 Å². The standard InChI is InChI=1S/C12H28N2/c1-6-11(4,5)9-12(7-2,8-3)10(13)14/h10H,6-9,13-14H2,1-5H3. The van der Waals surface area contributed by atoms with Gasteiger partial charge in [-0.3, -0.25) is 0 Å². The van der Waals surface area contributed by atoms with Gasteiger partial charge in [-0.05, 0) is 30.1 Å². The smallest absolute Gasteiger partial charge is 0.0578 e. The van der Waals surface area contributed by atoms with Gasteiger partial charge in [-0.15, -0.1) is 0 Å². The molecule has 2 nitrogen and oxygen atoms in total. The molecule has 2 heteroatoms. The maximum Gasteiger partial charge on any atom is 0.0578 e. The number of hydrogen-bond acceptors (Lipinski definition) is 2. The van der Waals surface area contributed by atoms with E-state index in [1.54, 1.807) is 0 Å². The van der Waals surface area contributed by atoms with E-state index < -0.39 is 0 Å². The van der Waals surface area contributed by atoms with Gasteiger partial charge in [0.2, 0.25) is 0 Å². The molecular weight excluding hydrogens is 172 g/mol. The quantitative estimate of drug-likeness (QED) is 0.648. The average molecular weight is 200 g/mol. The van der Waals surface area contributed by atoms with Crippen molar-refractivity contribution in [2.45, 2.75) is 66.5 Å². The van der Waals surface area contributed by atoms with Crippen LogP contribution in [-0.4, -0.2) is 6.17 Å².